The molecule has 19 heavy (non-hydrogen) atoms. The van der Waals surface area contributed by atoms with E-state index in [0.29, 0.717) is 18.9 Å². The number of ketones is 1. The first-order valence-corrected chi connectivity index (χ1v) is 6.80. The fraction of sp³-hybridized carbons (Fsp3) is 0.733. The van der Waals surface area contributed by atoms with Crippen molar-refractivity contribution in [2.75, 3.05) is 6.61 Å². The number of hydrogen-bond donors (Lipinski definition) is 0. The minimum Gasteiger partial charge on any atom is -0.354 e. The van der Waals surface area contributed by atoms with Crippen LogP contribution in [0.2, 0.25) is 0 Å². The average Bonchev–Trinajstić information content (AvgIpc) is 2.60. The van der Waals surface area contributed by atoms with Crippen LogP contribution in [0.3, 0.4) is 0 Å². The Morgan fingerprint density at radius 2 is 2.05 bits per heavy atom. The molecular formula is C15H25NO3. The highest BCUT2D eigenvalue weighted by Crippen LogP contribution is 2.33. The molecule has 2 atom stereocenters. The zero-order valence-electron chi connectivity index (χ0n) is 12.6. The summed E-state index contributed by atoms with van der Waals surface area (Å²) in [5, 5.41) is 0. The van der Waals surface area contributed by atoms with E-state index in [-0.39, 0.29) is 17.7 Å². The second-order valence-corrected chi connectivity index (χ2v) is 5.96. The molecule has 0 radical (unpaired) electrons. The van der Waals surface area contributed by atoms with Crippen molar-refractivity contribution < 1.29 is 14.3 Å². The fourth-order valence-corrected chi connectivity index (χ4v) is 2.53. The van der Waals surface area contributed by atoms with Crippen molar-refractivity contribution in [3.8, 4) is 0 Å². The van der Waals surface area contributed by atoms with Crippen LogP contribution in [0.4, 0.5) is 0 Å². The molecule has 1 unspecified atom stereocenters. The molecule has 108 valence electrons. The van der Waals surface area contributed by atoms with E-state index >= 15 is 0 Å². The number of carbonyl (C=O) groups is 2. The van der Waals surface area contributed by atoms with Gasteiger partial charge < -0.3 is 9.64 Å². The molecule has 1 fully saturated rings. The second kappa shape index (κ2) is 5.87. The minimum absolute atomic E-state index is 0.0224. The number of allylic oxidation sites excluding steroid dienone is 1. The molecule has 1 saturated heterocycles. The SMILES string of the molecule is C=CCC(C(C)=O)C(=O)N1[C@@H](C(C)C)COC1(C)C. The van der Waals surface area contributed by atoms with Crippen molar-refractivity contribution >= 4 is 11.7 Å². The van der Waals surface area contributed by atoms with E-state index in [2.05, 4.69) is 20.4 Å². The normalized spacial score (nSPS) is 23.5. The third-order valence-corrected chi connectivity index (χ3v) is 3.72. The maximum Gasteiger partial charge on any atom is 0.236 e. The number of rotatable bonds is 5. The van der Waals surface area contributed by atoms with Crippen LogP contribution in [0.25, 0.3) is 0 Å². The fourth-order valence-electron chi connectivity index (χ4n) is 2.53. The number of hydrogen-bond acceptors (Lipinski definition) is 3. The van der Waals surface area contributed by atoms with E-state index in [0.717, 1.165) is 0 Å². The number of amides is 1. The highest BCUT2D eigenvalue weighted by molar-refractivity contribution is 6.00. The van der Waals surface area contributed by atoms with Crippen LogP contribution in [0, 0.1) is 11.8 Å². The molecule has 0 saturated carbocycles. The Hall–Kier alpha value is -1.16. The number of Topliss-reactive ketones (excluding diaryl/α,β-unsaturated/α-hetero) is 1. The van der Waals surface area contributed by atoms with E-state index in [1.165, 1.54) is 6.92 Å². The third-order valence-electron chi connectivity index (χ3n) is 3.72. The van der Waals surface area contributed by atoms with Crippen LogP contribution >= 0.6 is 0 Å². The van der Waals surface area contributed by atoms with E-state index in [4.69, 9.17) is 4.74 Å². The largest absolute Gasteiger partial charge is 0.354 e. The van der Waals surface area contributed by atoms with Gasteiger partial charge in [-0.3, -0.25) is 9.59 Å². The van der Waals surface area contributed by atoms with E-state index in [1.807, 2.05) is 13.8 Å². The van der Waals surface area contributed by atoms with Crippen LogP contribution in [0.1, 0.15) is 41.0 Å². The number of carbonyl (C=O) groups excluding carboxylic acids is 2. The lowest BCUT2D eigenvalue weighted by atomic mass is 9.95. The van der Waals surface area contributed by atoms with Gasteiger partial charge in [0.15, 0.2) is 0 Å². The molecule has 4 heteroatoms. The molecule has 0 spiro atoms. The van der Waals surface area contributed by atoms with Crippen LogP contribution in [0.15, 0.2) is 12.7 Å². The van der Waals surface area contributed by atoms with Crippen molar-refractivity contribution in [3.05, 3.63) is 12.7 Å². The third kappa shape index (κ3) is 3.24. The Morgan fingerprint density at radius 3 is 2.47 bits per heavy atom. The lowest BCUT2D eigenvalue weighted by Crippen LogP contribution is -2.52. The zero-order valence-corrected chi connectivity index (χ0v) is 12.6. The topological polar surface area (TPSA) is 46.6 Å². The van der Waals surface area contributed by atoms with E-state index in [1.54, 1.807) is 11.0 Å². The first kappa shape index (κ1) is 15.9. The zero-order chi connectivity index (χ0) is 14.8. The van der Waals surface area contributed by atoms with Crippen molar-refractivity contribution in [3.63, 3.8) is 0 Å². The monoisotopic (exact) mass is 267 g/mol. The summed E-state index contributed by atoms with van der Waals surface area (Å²) in [6.45, 7) is 13.5. The predicted octanol–water partition coefficient (Wildman–Crippen LogP) is 2.39. The van der Waals surface area contributed by atoms with Crippen LogP contribution in [-0.4, -0.2) is 35.0 Å². The van der Waals surface area contributed by atoms with Crippen LogP contribution in [0.5, 0.6) is 0 Å². The van der Waals surface area contributed by atoms with E-state index in [9.17, 15) is 9.59 Å². The van der Waals surface area contributed by atoms with Crippen molar-refractivity contribution in [1.82, 2.24) is 4.90 Å². The van der Waals surface area contributed by atoms with Gasteiger partial charge in [0, 0.05) is 0 Å². The summed E-state index contributed by atoms with van der Waals surface area (Å²) in [5.41, 5.74) is -0.652. The van der Waals surface area contributed by atoms with Gasteiger partial charge >= 0.3 is 0 Å². The summed E-state index contributed by atoms with van der Waals surface area (Å²) in [6.07, 6.45) is 2.00. The summed E-state index contributed by atoms with van der Waals surface area (Å²) >= 11 is 0. The quantitative estimate of drug-likeness (QED) is 0.567. The molecule has 1 amide bonds. The second-order valence-electron chi connectivity index (χ2n) is 5.96. The van der Waals surface area contributed by atoms with Crippen LogP contribution < -0.4 is 0 Å². The van der Waals surface area contributed by atoms with Gasteiger partial charge in [-0.15, -0.1) is 6.58 Å². The van der Waals surface area contributed by atoms with Gasteiger partial charge in [-0.05, 0) is 33.1 Å². The first-order valence-electron chi connectivity index (χ1n) is 6.80. The van der Waals surface area contributed by atoms with Crippen LogP contribution in [-0.2, 0) is 14.3 Å². The Labute approximate surface area is 115 Å². The molecule has 1 heterocycles. The smallest absolute Gasteiger partial charge is 0.236 e. The molecular weight excluding hydrogens is 242 g/mol. The highest BCUT2D eigenvalue weighted by Gasteiger charge is 2.46. The molecule has 0 aromatic carbocycles. The molecule has 0 aliphatic carbocycles. The summed E-state index contributed by atoms with van der Waals surface area (Å²) < 4.78 is 5.72. The molecule has 1 aliphatic heterocycles. The van der Waals surface area contributed by atoms with Gasteiger partial charge in [-0.2, -0.15) is 0 Å². The molecule has 4 nitrogen and oxygen atoms in total. The molecule has 1 aliphatic rings. The molecule has 1 rings (SSSR count). The van der Waals surface area contributed by atoms with Gasteiger partial charge in [0.1, 0.15) is 11.5 Å². The molecule has 0 aromatic rings. The van der Waals surface area contributed by atoms with E-state index < -0.39 is 11.6 Å². The maximum absolute atomic E-state index is 12.7. The summed E-state index contributed by atoms with van der Waals surface area (Å²) in [7, 11) is 0. The van der Waals surface area contributed by atoms with Crippen molar-refractivity contribution in [2.24, 2.45) is 11.8 Å². The molecule has 0 bridgehead atoms. The molecule has 0 N–H and O–H groups in total. The summed E-state index contributed by atoms with van der Waals surface area (Å²) in [4.78, 5) is 26.1. The Bertz CT molecular complexity index is 374. The molecule has 0 aromatic heterocycles. The Kier molecular flexibility index (Phi) is 4.91. The van der Waals surface area contributed by atoms with Gasteiger partial charge in [-0.1, -0.05) is 19.9 Å². The predicted molar refractivity (Wildman–Crippen MR) is 74.5 cm³/mol. The first-order chi connectivity index (χ1) is 8.72. The number of nitrogens with zero attached hydrogens (tertiary/aromatic N) is 1. The Balaban J connectivity index is 3.04. The minimum atomic E-state index is -0.652. The lowest BCUT2D eigenvalue weighted by Gasteiger charge is -2.37. The maximum atomic E-state index is 12.7. The van der Waals surface area contributed by atoms with Gasteiger partial charge in [0.25, 0.3) is 0 Å². The Morgan fingerprint density at radius 1 is 1.47 bits per heavy atom. The van der Waals surface area contributed by atoms with Gasteiger partial charge in [0.05, 0.1) is 18.6 Å². The standard InChI is InChI=1S/C15H25NO3/c1-7-8-12(11(4)17)14(18)16-13(10(2)3)9-19-15(16,5)6/h7,10,12-13H,1,8-9H2,2-6H3/t12?,13-/m1/s1. The summed E-state index contributed by atoms with van der Waals surface area (Å²) in [6, 6.07) is 0.0224. The van der Waals surface area contributed by atoms with Gasteiger partial charge in [-0.25, -0.2) is 0 Å². The van der Waals surface area contributed by atoms with Gasteiger partial charge in [0.2, 0.25) is 5.91 Å². The highest BCUT2D eigenvalue weighted by atomic mass is 16.5. The average molecular weight is 267 g/mol. The number of ether oxygens (including phenoxy) is 1. The lowest BCUT2D eigenvalue weighted by molar-refractivity contribution is -0.153. The summed E-state index contributed by atoms with van der Waals surface area (Å²) in [5.74, 6) is -0.606. The van der Waals surface area contributed by atoms with Crippen molar-refractivity contribution in [1.29, 1.82) is 0 Å². The van der Waals surface area contributed by atoms with Crippen molar-refractivity contribution in [2.45, 2.75) is 52.8 Å².